The zero-order valence-corrected chi connectivity index (χ0v) is 9.97. The van der Waals surface area contributed by atoms with Crippen molar-refractivity contribution < 1.29 is 9.84 Å². The first kappa shape index (κ1) is 10.7. The third-order valence-corrected chi connectivity index (χ3v) is 3.02. The van der Waals surface area contributed by atoms with Gasteiger partial charge in [0, 0.05) is 16.5 Å². The van der Waals surface area contributed by atoms with E-state index in [0.29, 0.717) is 0 Å². The highest BCUT2D eigenvalue weighted by molar-refractivity contribution is 5.87. The summed E-state index contributed by atoms with van der Waals surface area (Å²) in [5, 5.41) is 11.1. The summed E-state index contributed by atoms with van der Waals surface area (Å²) in [6, 6.07) is 15.2. The number of phenolic OH excluding ortho intramolecular Hbond substituents is 1. The van der Waals surface area contributed by atoms with E-state index in [1.165, 1.54) is 0 Å². The number of rotatable bonds is 2. The molecule has 0 radical (unpaired) electrons. The first-order valence-corrected chi connectivity index (χ1v) is 5.73. The Kier molecular flexibility index (Phi) is 2.45. The molecule has 0 aliphatic carbocycles. The van der Waals surface area contributed by atoms with Crippen molar-refractivity contribution in [2.45, 2.75) is 0 Å². The first-order valence-electron chi connectivity index (χ1n) is 5.73. The lowest BCUT2D eigenvalue weighted by molar-refractivity contribution is 0.412. The summed E-state index contributed by atoms with van der Waals surface area (Å²) in [7, 11) is 1.61. The van der Waals surface area contributed by atoms with Crippen LogP contribution in [0.2, 0.25) is 0 Å². The number of ether oxygens (including phenoxy) is 1. The molecule has 1 heterocycles. The lowest BCUT2D eigenvalue weighted by Gasteiger charge is -2.05. The molecule has 0 aliphatic rings. The Bertz CT molecular complexity index is 668. The number of H-pyrrole nitrogens is 1. The van der Waals surface area contributed by atoms with E-state index in [9.17, 15) is 5.11 Å². The van der Waals surface area contributed by atoms with Gasteiger partial charge in [-0.25, -0.2) is 0 Å². The number of fused-ring (bicyclic) bond motifs is 1. The van der Waals surface area contributed by atoms with Gasteiger partial charge in [-0.1, -0.05) is 18.2 Å². The normalized spacial score (nSPS) is 10.7. The van der Waals surface area contributed by atoms with Gasteiger partial charge in [-0.05, 0) is 30.3 Å². The molecule has 90 valence electrons. The van der Waals surface area contributed by atoms with Gasteiger partial charge in [0.2, 0.25) is 0 Å². The molecule has 3 aromatic rings. The standard InChI is InChI=1S/C15H13NO2/c1-18-11-6-7-15(17)12(9-11)14-8-10-4-2-3-5-13(10)16-14/h2-9,16-17H,1H3. The quantitative estimate of drug-likeness (QED) is 0.718. The molecule has 1 aromatic heterocycles. The molecule has 0 spiro atoms. The van der Waals surface area contributed by atoms with Crippen molar-refractivity contribution in [1.29, 1.82) is 0 Å². The molecule has 0 saturated carbocycles. The molecule has 3 heteroatoms. The fraction of sp³-hybridized carbons (Fsp3) is 0.0667. The molecule has 0 saturated heterocycles. The number of methoxy groups -OCH3 is 1. The highest BCUT2D eigenvalue weighted by Crippen LogP contribution is 2.33. The Morgan fingerprint density at radius 2 is 1.89 bits per heavy atom. The highest BCUT2D eigenvalue weighted by Gasteiger charge is 2.08. The molecule has 0 unspecified atom stereocenters. The van der Waals surface area contributed by atoms with Crippen LogP contribution in [0.15, 0.2) is 48.5 Å². The van der Waals surface area contributed by atoms with Crippen molar-refractivity contribution in [3.8, 4) is 22.8 Å². The fourth-order valence-electron chi connectivity index (χ4n) is 2.08. The number of hydrogen-bond acceptors (Lipinski definition) is 2. The summed E-state index contributed by atoms with van der Waals surface area (Å²) in [6.07, 6.45) is 0. The zero-order valence-electron chi connectivity index (χ0n) is 9.97. The van der Waals surface area contributed by atoms with Gasteiger partial charge in [0.1, 0.15) is 11.5 Å². The van der Waals surface area contributed by atoms with Crippen molar-refractivity contribution in [3.05, 3.63) is 48.5 Å². The van der Waals surface area contributed by atoms with E-state index in [1.54, 1.807) is 19.2 Å². The van der Waals surface area contributed by atoms with Gasteiger partial charge in [0.05, 0.1) is 12.8 Å². The van der Waals surface area contributed by atoms with Gasteiger partial charge >= 0.3 is 0 Å². The topological polar surface area (TPSA) is 45.2 Å². The molecule has 0 amide bonds. The molecular weight excluding hydrogens is 226 g/mol. The maximum atomic E-state index is 9.93. The number of nitrogens with one attached hydrogen (secondary N) is 1. The van der Waals surface area contributed by atoms with Gasteiger partial charge in [0.15, 0.2) is 0 Å². The molecule has 0 atom stereocenters. The van der Waals surface area contributed by atoms with Crippen molar-refractivity contribution in [3.63, 3.8) is 0 Å². The van der Waals surface area contributed by atoms with Crippen molar-refractivity contribution in [1.82, 2.24) is 4.98 Å². The Morgan fingerprint density at radius 3 is 2.67 bits per heavy atom. The summed E-state index contributed by atoms with van der Waals surface area (Å²) in [6.45, 7) is 0. The average Bonchev–Trinajstić information content (AvgIpc) is 2.82. The molecule has 0 aliphatic heterocycles. The molecular formula is C15H13NO2. The predicted molar refractivity (Wildman–Crippen MR) is 72.0 cm³/mol. The van der Waals surface area contributed by atoms with Crippen LogP contribution in [0.25, 0.3) is 22.2 Å². The fourth-order valence-corrected chi connectivity index (χ4v) is 2.08. The smallest absolute Gasteiger partial charge is 0.125 e. The molecule has 0 bridgehead atoms. The first-order chi connectivity index (χ1) is 8.78. The monoisotopic (exact) mass is 239 g/mol. The van der Waals surface area contributed by atoms with Crippen LogP contribution in [-0.4, -0.2) is 17.2 Å². The van der Waals surface area contributed by atoms with Gasteiger partial charge in [0.25, 0.3) is 0 Å². The van der Waals surface area contributed by atoms with Crippen LogP contribution in [0.1, 0.15) is 0 Å². The van der Waals surface area contributed by atoms with Crippen molar-refractivity contribution >= 4 is 10.9 Å². The Balaban J connectivity index is 2.19. The van der Waals surface area contributed by atoms with Crippen LogP contribution in [0.3, 0.4) is 0 Å². The van der Waals surface area contributed by atoms with E-state index in [4.69, 9.17) is 4.74 Å². The third-order valence-electron chi connectivity index (χ3n) is 3.02. The number of aromatic hydroxyl groups is 1. The predicted octanol–water partition coefficient (Wildman–Crippen LogP) is 3.55. The van der Waals surface area contributed by atoms with Crippen LogP contribution < -0.4 is 4.74 Å². The van der Waals surface area contributed by atoms with Crippen LogP contribution in [0.4, 0.5) is 0 Å². The Hall–Kier alpha value is -2.42. The second-order valence-corrected chi connectivity index (χ2v) is 4.15. The van der Waals surface area contributed by atoms with Gasteiger partial charge in [-0.15, -0.1) is 0 Å². The number of aromatic nitrogens is 1. The maximum absolute atomic E-state index is 9.93. The van der Waals surface area contributed by atoms with Crippen LogP contribution in [0, 0.1) is 0 Å². The second kappa shape index (κ2) is 4.11. The summed E-state index contributed by atoms with van der Waals surface area (Å²) < 4.78 is 5.18. The van der Waals surface area contributed by atoms with E-state index in [-0.39, 0.29) is 5.75 Å². The summed E-state index contributed by atoms with van der Waals surface area (Å²) >= 11 is 0. The summed E-state index contributed by atoms with van der Waals surface area (Å²) in [4.78, 5) is 3.29. The second-order valence-electron chi connectivity index (χ2n) is 4.15. The minimum absolute atomic E-state index is 0.238. The third kappa shape index (κ3) is 1.70. The maximum Gasteiger partial charge on any atom is 0.125 e. The Labute approximate surface area is 105 Å². The molecule has 18 heavy (non-hydrogen) atoms. The number of hydrogen-bond donors (Lipinski definition) is 2. The van der Waals surface area contributed by atoms with Gasteiger partial charge < -0.3 is 14.8 Å². The van der Waals surface area contributed by atoms with Crippen LogP contribution >= 0.6 is 0 Å². The molecule has 3 rings (SSSR count). The zero-order chi connectivity index (χ0) is 12.5. The minimum atomic E-state index is 0.238. The molecule has 0 fully saturated rings. The lowest BCUT2D eigenvalue weighted by Crippen LogP contribution is -1.84. The van der Waals surface area contributed by atoms with E-state index >= 15 is 0 Å². The van der Waals surface area contributed by atoms with Gasteiger partial charge in [-0.3, -0.25) is 0 Å². The van der Waals surface area contributed by atoms with E-state index in [2.05, 4.69) is 4.98 Å². The van der Waals surface area contributed by atoms with Gasteiger partial charge in [-0.2, -0.15) is 0 Å². The SMILES string of the molecule is COc1ccc(O)c(-c2cc3ccccc3[nH]2)c1. The average molecular weight is 239 g/mol. The molecule has 2 N–H and O–H groups in total. The van der Waals surface area contributed by atoms with E-state index in [1.807, 2.05) is 36.4 Å². The Morgan fingerprint density at radius 1 is 1.06 bits per heavy atom. The summed E-state index contributed by atoms with van der Waals surface area (Å²) in [5.74, 6) is 0.962. The van der Waals surface area contributed by atoms with E-state index < -0.39 is 0 Å². The van der Waals surface area contributed by atoms with Crippen molar-refractivity contribution in [2.75, 3.05) is 7.11 Å². The van der Waals surface area contributed by atoms with Crippen LogP contribution in [0.5, 0.6) is 11.5 Å². The number of phenols is 1. The summed E-state index contributed by atoms with van der Waals surface area (Å²) in [5.41, 5.74) is 2.67. The number of aromatic amines is 1. The molecule has 3 nitrogen and oxygen atoms in total. The highest BCUT2D eigenvalue weighted by atomic mass is 16.5. The number of benzene rings is 2. The minimum Gasteiger partial charge on any atom is -0.507 e. The number of para-hydroxylation sites is 1. The van der Waals surface area contributed by atoms with Crippen LogP contribution in [-0.2, 0) is 0 Å². The molecule has 2 aromatic carbocycles. The lowest BCUT2D eigenvalue weighted by atomic mass is 10.1. The largest absolute Gasteiger partial charge is 0.507 e. The van der Waals surface area contributed by atoms with E-state index in [0.717, 1.165) is 27.9 Å². The van der Waals surface area contributed by atoms with Crippen molar-refractivity contribution in [2.24, 2.45) is 0 Å².